The van der Waals surface area contributed by atoms with Gasteiger partial charge in [-0.05, 0) is 33.2 Å². The molecule has 0 aromatic carbocycles. The van der Waals surface area contributed by atoms with Crippen LogP contribution in [-0.2, 0) is 9.59 Å². The third-order valence-electron chi connectivity index (χ3n) is 2.07. The quantitative estimate of drug-likeness (QED) is 0.498. The number of ketones is 1. The SMILES string of the molecule is C=C(C)CN(CC(C)=O)C(=O)CCCCN. The van der Waals surface area contributed by atoms with Crippen LogP contribution in [0.25, 0.3) is 0 Å². The molecule has 0 aliphatic rings. The third-order valence-corrected chi connectivity index (χ3v) is 2.07. The van der Waals surface area contributed by atoms with Gasteiger partial charge in [-0.1, -0.05) is 12.2 Å². The number of carbonyl (C=O) groups excluding carboxylic acids is 2. The third kappa shape index (κ3) is 7.17. The van der Waals surface area contributed by atoms with E-state index in [1.807, 2.05) is 6.92 Å². The van der Waals surface area contributed by atoms with Crippen LogP contribution in [0, 0.1) is 0 Å². The molecule has 0 bridgehead atoms. The van der Waals surface area contributed by atoms with Crippen molar-refractivity contribution >= 4 is 11.7 Å². The predicted octanol–water partition coefficient (Wildman–Crippen LogP) is 1.11. The average Bonchev–Trinajstić information content (AvgIpc) is 2.15. The molecule has 0 aromatic rings. The van der Waals surface area contributed by atoms with E-state index < -0.39 is 0 Å². The number of amides is 1. The molecule has 0 aromatic heterocycles. The molecule has 0 heterocycles. The van der Waals surface area contributed by atoms with Gasteiger partial charge in [0.15, 0.2) is 0 Å². The Kier molecular flexibility index (Phi) is 7.46. The normalized spacial score (nSPS) is 9.94. The molecule has 2 N–H and O–H groups in total. The van der Waals surface area contributed by atoms with Crippen LogP contribution in [0.5, 0.6) is 0 Å². The summed E-state index contributed by atoms with van der Waals surface area (Å²) >= 11 is 0. The van der Waals surface area contributed by atoms with Gasteiger partial charge in [-0.15, -0.1) is 0 Å². The molecule has 4 heteroatoms. The minimum absolute atomic E-state index is 0.00609. The lowest BCUT2D eigenvalue weighted by Gasteiger charge is -2.21. The number of unbranched alkanes of at least 4 members (excludes halogenated alkanes) is 1. The van der Waals surface area contributed by atoms with E-state index in [0.717, 1.165) is 18.4 Å². The predicted molar refractivity (Wildman–Crippen MR) is 65.0 cm³/mol. The Hall–Kier alpha value is -1.16. The Labute approximate surface area is 97.5 Å². The van der Waals surface area contributed by atoms with Crippen molar-refractivity contribution in [3.05, 3.63) is 12.2 Å². The molecular formula is C12H22N2O2. The first-order valence-electron chi connectivity index (χ1n) is 5.59. The van der Waals surface area contributed by atoms with Crippen molar-refractivity contribution in [3.8, 4) is 0 Å². The molecule has 0 aliphatic carbocycles. The zero-order valence-electron chi connectivity index (χ0n) is 10.3. The first kappa shape index (κ1) is 14.8. The summed E-state index contributed by atoms with van der Waals surface area (Å²) in [6.45, 7) is 8.32. The summed E-state index contributed by atoms with van der Waals surface area (Å²) in [5.74, 6) is 0.0000693. The van der Waals surface area contributed by atoms with E-state index in [1.165, 1.54) is 6.92 Å². The van der Waals surface area contributed by atoms with Gasteiger partial charge >= 0.3 is 0 Å². The number of nitrogens with two attached hydrogens (primary N) is 1. The molecule has 4 nitrogen and oxygen atoms in total. The molecule has 0 aliphatic heterocycles. The maximum Gasteiger partial charge on any atom is 0.223 e. The van der Waals surface area contributed by atoms with Gasteiger partial charge < -0.3 is 10.6 Å². The summed E-state index contributed by atoms with van der Waals surface area (Å²) in [6.07, 6.45) is 2.07. The van der Waals surface area contributed by atoms with Crippen molar-refractivity contribution < 1.29 is 9.59 Å². The fourth-order valence-electron chi connectivity index (χ4n) is 1.41. The molecule has 16 heavy (non-hydrogen) atoms. The highest BCUT2D eigenvalue weighted by atomic mass is 16.2. The molecule has 0 radical (unpaired) electrons. The zero-order chi connectivity index (χ0) is 12.6. The smallest absolute Gasteiger partial charge is 0.223 e. The highest BCUT2D eigenvalue weighted by Crippen LogP contribution is 2.03. The molecule has 1 amide bonds. The summed E-state index contributed by atoms with van der Waals surface area (Å²) in [5.41, 5.74) is 6.24. The fraction of sp³-hybridized carbons (Fsp3) is 0.667. The van der Waals surface area contributed by atoms with E-state index in [-0.39, 0.29) is 18.2 Å². The van der Waals surface area contributed by atoms with Crippen LogP contribution < -0.4 is 5.73 Å². The van der Waals surface area contributed by atoms with Crippen molar-refractivity contribution in [1.82, 2.24) is 4.90 Å². The highest BCUT2D eigenvalue weighted by Gasteiger charge is 2.14. The molecule has 0 fully saturated rings. The minimum atomic E-state index is -0.00609. The highest BCUT2D eigenvalue weighted by molar-refractivity contribution is 5.84. The van der Waals surface area contributed by atoms with E-state index >= 15 is 0 Å². The van der Waals surface area contributed by atoms with E-state index in [1.54, 1.807) is 4.90 Å². The Morgan fingerprint density at radius 3 is 2.25 bits per heavy atom. The summed E-state index contributed by atoms with van der Waals surface area (Å²) in [4.78, 5) is 24.4. The monoisotopic (exact) mass is 226 g/mol. The summed E-state index contributed by atoms with van der Waals surface area (Å²) in [6, 6.07) is 0. The van der Waals surface area contributed by atoms with Gasteiger partial charge in [-0.3, -0.25) is 9.59 Å². The van der Waals surface area contributed by atoms with Gasteiger partial charge in [0.05, 0.1) is 6.54 Å². The lowest BCUT2D eigenvalue weighted by Crippen LogP contribution is -2.36. The van der Waals surface area contributed by atoms with Crippen LogP contribution in [0.4, 0.5) is 0 Å². The number of carbonyl (C=O) groups is 2. The number of nitrogens with zero attached hydrogens (tertiary/aromatic N) is 1. The number of hydrogen-bond donors (Lipinski definition) is 1. The van der Waals surface area contributed by atoms with Crippen molar-refractivity contribution in [2.75, 3.05) is 19.6 Å². The maximum absolute atomic E-state index is 11.8. The molecule has 0 spiro atoms. The van der Waals surface area contributed by atoms with Gasteiger partial charge in [-0.25, -0.2) is 0 Å². The lowest BCUT2D eigenvalue weighted by molar-refractivity contribution is -0.134. The number of Topliss-reactive ketones (excluding diaryl/α,β-unsaturated/α-hetero) is 1. The van der Waals surface area contributed by atoms with Crippen molar-refractivity contribution in [1.29, 1.82) is 0 Å². The minimum Gasteiger partial charge on any atom is -0.331 e. The zero-order valence-corrected chi connectivity index (χ0v) is 10.3. The van der Waals surface area contributed by atoms with E-state index in [0.29, 0.717) is 19.5 Å². The van der Waals surface area contributed by atoms with Crippen LogP contribution in [0.15, 0.2) is 12.2 Å². The molecule has 0 saturated heterocycles. The molecule has 92 valence electrons. The first-order chi connectivity index (χ1) is 7.47. The van der Waals surface area contributed by atoms with Gasteiger partial charge in [0.2, 0.25) is 5.91 Å². The summed E-state index contributed by atoms with van der Waals surface area (Å²) < 4.78 is 0. The van der Waals surface area contributed by atoms with Crippen LogP contribution in [-0.4, -0.2) is 36.2 Å². The molecule has 0 saturated carbocycles. The van der Waals surface area contributed by atoms with Gasteiger partial charge in [0.1, 0.15) is 5.78 Å². The van der Waals surface area contributed by atoms with E-state index in [2.05, 4.69) is 6.58 Å². The lowest BCUT2D eigenvalue weighted by atomic mass is 10.2. The van der Waals surface area contributed by atoms with Gasteiger partial charge in [0.25, 0.3) is 0 Å². The second-order valence-corrected chi connectivity index (χ2v) is 4.15. The second kappa shape index (κ2) is 8.05. The van der Waals surface area contributed by atoms with Gasteiger partial charge in [-0.2, -0.15) is 0 Å². The van der Waals surface area contributed by atoms with Crippen molar-refractivity contribution in [2.45, 2.75) is 33.1 Å². The van der Waals surface area contributed by atoms with Crippen LogP contribution in [0.1, 0.15) is 33.1 Å². The summed E-state index contributed by atoms with van der Waals surface area (Å²) in [5, 5.41) is 0. The molecule has 0 atom stereocenters. The van der Waals surface area contributed by atoms with Gasteiger partial charge in [0, 0.05) is 13.0 Å². The van der Waals surface area contributed by atoms with Crippen molar-refractivity contribution in [2.24, 2.45) is 5.73 Å². The Morgan fingerprint density at radius 2 is 1.81 bits per heavy atom. The summed E-state index contributed by atoms with van der Waals surface area (Å²) in [7, 11) is 0. The maximum atomic E-state index is 11.8. The standard InChI is InChI=1S/C12H22N2O2/c1-10(2)8-14(9-11(3)15)12(16)6-4-5-7-13/h1,4-9,13H2,2-3H3. The number of hydrogen-bond acceptors (Lipinski definition) is 3. The first-order valence-corrected chi connectivity index (χ1v) is 5.59. The number of rotatable bonds is 8. The van der Waals surface area contributed by atoms with E-state index in [9.17, 15) is 9.59 Å². The Morgan fingerprint density at radius 1 is 1.19 bits per heavy atom. The van der Waals surface area contributed by atoms with Crippen LogP contribution in [0.2, 0.25) is 0 Å². The van der Waals surface area contributed by atoms with Crippen LogP contribution in [0.3, 0.4) is 0 Å². The topological polar surface area (TPSA) is 63.4 Å². The Balaban J connectivity index is 4.20. The van der Waals surface area contributed by atoms with Crippen LogP contribution >= 0.6 is 0 Å². The average molecular weight is 226 g/mol. The molecular weight excluding hydrogens is 204 g/mol. The van der Waals surface area contributed by atoms with Crippen molar-refractivity contribution in [3.63, 3.8) is 0 Å². The second-order valence-electron chi connectivity index (χ2n) is 4.15. The molecule has 0 unspecified atom stereocenters. The Bertz CT molecular complexity index is 246. The fourth-order valence-corrected chi connectivity index (χ4v) is 1.41. The van der Waals surface area contributed by atoms with E-state index in [4.69, 9.17) is 5.73 Å². The largest absolute Gasteiger partial charge is 0.331 e. The molecule has 0 rings (SSSR count).